The number of halogens is 1. The third kappa shape index (κ3) is 9.84. The van der Waals surface area contributed by atoms with E-state index in [9.17, 15) is 12.3 Å². The largest absolute Gasteiger partial charge is 0.380 e. The second kappa shape index (κ2) is 5.48. The van der Waals surface area contributed by atoms with Crippen molar-refractivity contribution in [2.75, 3.05) is 19.0 Å². The average molecular weight is 198 g/mol. The van der Waals surface area contributed by atoms with Crippen LogP contribution in [0.1, 0.15) is 20.3 Å². The Morgan fingerprint density at radius 3 is 2.33 bits per heavy atom. The summed E-state index contributed by atoms with van der Waals surface area (Å²) in [5.74, 6) is -0.0163. The van der Waals surface area contributed by atoms with Crippen molar-refractivity contribution in [2.45, 2.75) is 20.3 Å². The second-order valence-electron chi connectivity index (χ2n) is 3.04. The van der Waals surface area contributed by atoms with E-state index in [4.69, 9.17) is 4.74 Å². The minimum absolute atomic E-state index is 0.0500. The molecule has 0 radical (unpaired) electrons. The summed E-state index contributed by atoms with van der Waals surface area (Å²) in [7, 11) is -4.35. The normalized spacial score (nSPS) is 12.3. The maximum absolute atomic E-state index is 11.9. The van der Waals surface area contributed by atoms with Gasteiger partial charge in [0.05, 0.1) is 6.61 Å². The highest BCUT2D eigenvalue weighted by atomic mass is 32.3. The van der Waals surface area contributed by atoms with Crippen LogP contribution >= 0.6 is 0 Å². The summed E-state index contributed by atoms with van der Waals surface area (Å²) in [6, 6.07) is 0. The standard InChI is InChI=1S/C7H15FO3S/c1-7(2)3-4-11-5-6-12(8,9)10/h7H,3-6H2,1-2H3. The van der Waals surface area contributed by atoms with Crippen LogP contribution in [-0.4, -0.2) is 27.4 Å². The Kier molecular flexibility index (Phi) is 5.41. The van der Waals surface area contributed by atoms with Crippen LogP contribution in [0.4, 0.5) is 3.89 Å². The fourth-order valence-electron chi connectivity index (χ4n) is 0.580. The first-order valence-corrected chi connectivity index (χ1v) is 5.47. The Balaban J connectivity index is 3.23. The first-order chi connectivity index (χ1) is 5.42. The molecule has 0 atom stereocenters. The van der Waals surface area contributed by atoms with Crippen LogP contribution < -0.4 is 0 Å². The maximum atomic E-state index is 11.9. The van der Waals surface area contributed by atoms with Gasteiger partial charge in [0.15, 0.2) is 0 Å². The number of hydrogen-bond donors (Lipinski definition) is 0. The monoisotopic (exact) mass is 198 g/mol. The Morgan fingerprint density at radius 1 is 1.33 bits per heavy atom. The van der Waals surface area contributed by atoms with Crippen molar-refractivity contribution in [1.29, 1.82) is 0 Å². The number of hydrogen-bond acceptors (Lipinski definition) is 3. The van der Waals surface area contributed by atoms with E-state index < -0.39 is 16.0 Å². The van der Waals surface area contributed by atoms with Crippen LogP contribution in [0.2, 0.25) is 0 Å². The molecule has 0 heterocycles. The van der Waals surface area contributed by atoms with E-state index in [1.807, 2.05) is 13.8 Å². The lowest BCUT2D eigenvalue weighted by molar-refractivity contribution is 0.137. The van der Waals surface area contributed by atoms with E-state index in [-0.39, 0.29) is 6.61 Å². The average Bonchev–Trinajstić information content (AvgIpc) is 1.83. The third-order valence-corrected chi connectivity index (χ3v) is 1.97. The molecule has 0 aliphatic carbocycles. The van der Waals surface area contributed by atoms with Gasteiger partial charge in [0.1, 0.15) is 5.75 Å². The van der Waals surface area contributed by atoms with Gasteiger partial charge in [-0.3, -0.25) is 0 Å². The first kappa shape index (κ1) is 11.8. The molecule has 0 unspecified atom stereocenters. The summed E-state index contributed by atoms with van der Waals surface area (Å²) in [5.41, 5.74) is 0. The molecule has 0 N–H and O–H groups in total. The molecule has 0 aliphatic rings. The molecule has 0 fully saturated rings. The second-order valence-corrected chi connectivity index (χ2v) is 4.52. The van der Waals surface area contributed by atoms with Crippen molar-refractivity contribution in [3.05, 3.63) is 0 Å². The predicted octanol–water partition coefficient (Wildman–Crippen LogP) is 1.35. The van der Waals surface area contributed by atoms with Crippen molar-refractivity contribution < 1.29 is 17.0 Å². The van der Waals surface area contributed by atoms with Gasteiger partial charge in [0.25, 0.3) is 0 Å². The Morgan fingerprint density at radius 2 is 1.92 bits per heavy atom. The summed E-state index contributed by atoms with van der Waals surface area (Å²) < 4.78 is 36.7. The Bertz CT molecular complexity index is 199. The number of rotatable bonds is 6. The van der Waals surface area contributed by atoms with E-state index >= 15 is 0 Å². The van der Waals surface area contributed by atoms with Crippen LogP contribution in [0.15, 0.2) is 0 Å². The van der Waals surface area contributed by atoms with E-state index in [0.29, 0.717) is 12.5 Å². The van der Waals surface area contributed by atoms with E-state index in [1.165, 1.54) is 0 Å². The molecule has 3 nitrogen and oxygen atoms in total. The van der Waals surface area contributed by atoms with Gasteiger partial charge in [-0.05, 0) is 12.3 Å². The Hall–Kier alpha value is -0.160. The minimum atomic E-state index is -4.35. The molecule has 0 aromatic rings. The van der Waals surface area contributed by atoms with Gasteiger partial charge >= 0.3 is 10.2 Å². The predicted molar refractivity (Wildman–Crippen MR) is 45.2 cm³/mol. The quantitative estimate of drug-likeness (QED) is 0.478. The summed E-state index contributed by atoms with van der Waals surface area (Å²) in [5, 5.41) is 0. The van der Waals surface area contributed by atoms with Crippen molar-refractivity contribution in [2.24, 2.45) is 5.92 Å². The topological polar surface area (TPSA) is 43.4 Å². The van der Waals surface area contributed by atoms with Gasteiger partial charge in [-0.2, -0.15) is 8.42 Å². The van der Waals surface area contributed by atoms with Gasteiger partial charge < -0.3 is 4.74 Å². The molecule has 0 aliphatic heterocycles. The van der Waals surface area contributed by atoms with Gasteiger partial charge in [-0.15, -0.1) is 3.89 Å². The van der Waals surface area contributed by atoms with Crippen LogP contribution in [0, 0.1) is 5.92 Å². The first-order valence-electron chi connectivity index (χ1n) is 3.92. The van der Waals surface area contributed by atoms with Gasteiger partial charge in [0.2, 0.25) is 0 Å². The SMILES string of the molecule is CC(C)CCOCCS(=O)(=O)F. The highest BCUT2D eigenvalue weighted by Gasteiger charge is 2.05. The highest BCUT2D eigenvalue weighted by molar-refractivity contribution is 7.86. The molecule has 0 amide bonds. The zero-order chi connectivity index (χ0) is 9.61. The summed E-state index contributed by atoms with van der Waals surface area (Å²) in [6.07, 6.45) is 0.867. The maximum Gasteiger partial charge on any atom is 0.304 e. The zero-order valence-corrected chi connectivity index (χ0v) is 8.23. The molecule has 0 aromatic heterocycles. The zero-order valence-electron chi connectivity index (χ0n) is 7.42. The van der Waals surface area contributed by atoms with Crippen molar-refractivity contribution in [3.8, 4) is 0 Å². The van der Waals surface area contributed by atoms with Crippen LogP contribution in [-0.2, 0) is 15.0 Å². The lowest BCUT2D eigenvalue weighted by Crippen LogP contribution is -2.08. The van der Waals surface area contributed by atoms with Crippen molar-refractivity contribution in [1.82, 2.24) is 0 Å². The van der Waals surface area contributed by atoms with E-state index in [1.54, 1.807) is 0 Å². The molecule has 0 bridgehead atoms. The smallest absolute Gasteiger partial charge is 0.304 e. The van der Waals surface area contributed by atoms with Crippen LogP contribution in [0.3, 0.4) is 0 Å². The molecule has 0 saturated carbocycles. The summed E-state index contributed by atoms with van der Waals surface area (Å²) >= 11 is 0. The lowest BCUT2D eigenvalue weighted by Gasteiger charge is -2.04. The summed E-state index contributed by atoms with van der Waals surface area (Å²) in [6.45, 7) is 4.52. The third-order valence-electron chi connectivity index (χ3n) is 1.31. The van der Waals surface area contributed by atoms with Crippen LogP contribution in [0.5, 0.6) is 0 Å². The highest BCUT2D eigenvalue weighted by Crippen LogP contribution is 1.99. The van der Waals surface area contributed by atoms with Crippen molar-refractivity contribution in [3.63, 3.8) is 0 Å². The van der Waals surface area contributed by atoms with Gasteiger partial charge in [0, 0.05) is 6.61 Å². The molecule has 0 aromatic carbocycles. The minimum Gasteiger partial charge on any atom is -0.380 e. The molecule has 0 saturated heterocycles. The molecule has 12 heavy (non-hydrogen) atoms. The van der Waals surface area contributed by atoms with Crippen LogP contribution in [0.25, 0.3) is 0 Å². The van der Waals surface area contributed by atoms with E-state index in [2.05, 4.69) is 0 Å². The fourth-order valence-corrected chi connectivity index (χ4v) is 0.896. The van der Waals surface area contributed by atoms with Gasteiger partial charge in [-0.1, -0.05) is 13.8 Å². The molecular weight excluding hydrogens is 183 g/mol. The molecule has 74 valence electrons. The fraction of sp³-hybridized carbons (Fsp3) is 1.00. The van der Waals surface area contributed by atoms with Gasteiger partial charge in [-0.25, -0.2) is 0 Å². The molecular formula is C7H15FO3S. The number of ether oxygens (including phenoxy) is 1. The lowest BCUT2D eigenvalue weighted by atomic mass is 10.1. The molecule has 5 heteroatoms. The van der Waals surface area contributed by atoms with Crippen molar-refractivity contribution >= 4 is 10.2 Å². The van der Waals surface area contributed by atoms with E-state index in [0.717, 1.165) is 6.42 Å². The Labute approximate surface area is 73.1 Å². The summed E-state index contributed by atoms with van der Waals surface area (Å²) in [4.78, 5) is 0. The molecule has 0 rings (SSSR count). The molecule has 0 spiro atoms.